The van der Waals surface area contributed by atoms with Gasteiger partial charge in [0.05, 0.1) is 6.54 Å². The summed E-state index contributed by atoms with van der Waals surface area (Å²) < 4.78 is 5.96. The quantitative estimate of drug-likeness (QED) is 0.832. The molecule has 1 aromatic rings. The molecule has 0 saturated carbocycles. The summed E-state index contributed by atoms with van der Waals surface area (Å²) in [5, 5.41) is 4.14. The van der Waals surface area contributed by atoms with E-state index < -0.39 is 0 Å². The molecule has 0 aromatic heterocycles. The van der Waals surface area contributed by atoms with E-state index in [4.69, 9.17) is 17.0 Å². The lowest BCUT2D eigenvalue weighted by Crippen LogP contribution is -2.41. The summed E-state index contributed by atoms with van der Waals surface area (Å²) >= 11 is 5.42. The first-order valence-corrected chi connectivity index (χ1v) is 7.45. The van der Waals surface area contributed by atoms with Gasteiger partial charge in [-0.15, -0.1) is 0 Å². The predicted octanol–water partition coefficient (Wildman–Crippen LogP) is 1.58. The Balaban J connectivity index is 1.73. The molecule has 0 spiro atoms. The first-order chi connectivity index (χ1) is 9.65. The number of hydrogen-bond acceptors (Lipinski definition) is 3. The maximum absolute atomic E-state index is 5.96. The molecule has 0 radical (unpaired) electrons. The molecule has 1 heterocycles. The SMILES string of the molecule is CN(C)CCNC(=S)N1CCC(Oc2ccccc2)C1. The number of likely N-dealkylation sites (N-methyl/N-ethyl adjacent to an activating group) is 1. The Bertz CT molecular complexity index is 424. The van der Waals surface area contributed by atoms with E-state index in [1.165, 1.54) is 0 Å². The van der Waals surface area contributed by atoms with E-state index in [1.807, 2.05) is 30.3 Å². The molecular formula is C15H23N3OS. The van der Waals surface area contributed by atoms with Crippen molar-refractivity contribution in [1.82, 2.24) is 15.1 Å². The molecule has 5 heteroatoms. The lowest BCUT2D eigenvalue weighted by atomic mass is 10.3. The zero-order valence-electron chi connectivity index (χ0n) is 12.2. The predicted molar refractivity (Wildman–Crippen MR) is 86.2 cm³/mol. The molecule has 20 heavy (non-hydrogen) atoms. The summed E-state index contributed by atoms with van der Waals surface area (Å²) in [4.78, 5) is 4.33. The van der Waals surface area contributed by atoms with Crippen LogP contribution in [-0.2, 0) is 0 Å². The van der Waals surface area contributed by atoms with Gasteiger partial charge in [0.25, 0.3) is 0 Å². The molecule has 1 saturated heterocycles. The highest BCUT2D eigenvalue weighted by atomic mass is 32.1. The van der Waals surface area contributed by atoms with Crippen molar-refractivity contribution in [2.75, 3.05) is 40.3 Å². The van der Waals surface area contributed by atoms with E-state index in [1.54, 1.807) is 0 Å². The van der Waals surface area contributed by atoms with E-state index in [2.05, 4.69) is 29.2 Å². The Kier molecular flexibility index (Phi) is 5.61. The van der Waals surface area contributed by atoms with Crippen molar-refractivity contribution in [2.24, 2.45) is 0 Å². The Morgan fingerprint density at radius 1 is 1.40 bits per heavy atom. The third kappa shape index (κ3) is 4.65. The van der Waals surface area contributed by atoms with Gasteiger partial charge in [-0.2, -0.15) is 0 Å². The van der Waals surface area contributed by atoms with Crippen LogP contribution in [0.4, 0.5) is 0 Å². The van der Waals surface area contributed by atoms with Crippen LogP contribution in [-0.4, -0.2) is 61.3 Å². The molecule has 2 rings (SSSR count). The number of nitrogens with zero attached hydrogens (tertiary/aromatic N) is 2. The highest BCUT2D eigenvalue weighted by Crippen LogP contribution is 2.17. The topological polar surface area (TPSA) is 27.7 Å². The first-order valence-electron chi connectivity index (χ1n) is 7.04. The molecule has 4 nitrogen and oxygen atoms in total. The average Bonchev–Trinajstić information content (AvgIpc) is 2.88. The van der Waals surface area contributed by atoms with Gasteiger partial charge in [-0.25, -0.2) is 0 Å². The summed E-state index contributed by atoms with van der Waals surface area (Å²) in [5.74, 6) is 0.936. The zero-order chi connectivity index (χ0) is 14.4. The van der Waals surface area contributed by atoms with Crippen molar-refractivity contribution in [2.45, 2.75) is 12.5 Å². The molecule has 1 atom stereocenters. The van der Waals surface area contributed by atoms with Crippen LogP contribution in [0.15, 0.2) is 30.3 Å². The van der Waals surface area contributed by atoms with Gasteiger partial charge in [0, 0.05) is 26.1 Å². The van der Waals surface area contributed by atoms with Gasteiger partial charge in [0.15, 0.2) is 5.11 Å². The third-order valence-electron chi connectivity index (χ3n) is 3.31. The highest BCUT2D eigenvalue weighted by molar-refractivity contribution is 7.80. The second-order valence-electron chi connectivity index (χ2n) is 5.32. The van der Waals surface area contributed by atoms with Crippen LogP contribution in [0.25, 0.3) is 0 Å². The summed E-state index contributed by atoms with van der Waals surface area (Å²) in [5.41, 5.74) is 0. The zero-order valence-corrected chi connectivity index (χ0v) is 13.0. The van der Waals surface area contributed by atoms with E-state index in [0.717, 1.165) is 43.5 Å². The van der Waals surface area contributed by atoms with Crippen LogP contribution >= 0.6 is 12.2 Å². The van der Waals surface area contributed by atoms with E-state index in [-0.39, 0.29) is 6.10 Å². The average molecular weight is 293 g/mol. The van der Waals surface area contributed by atoms with Gasteiger partial charge in [0.2, 0.25) is 0 Å². The van der Waals surface area contributed by atoms with Crippen LogP contribution in [0.3, 0.4) is 0 Å². The van der Waals surface area contributed by atoms with Crippen molar-refractivity contribution in [3.63, 3.8) is 0 Å². The lowest BCUT2D eigenvalue weighted by Gasteiger charge is -2.21. The summed E-state index contributed by atoms with van der Waals surface area (Å²) in [7, 11) is 4.12. The van der Waals surface area contributed by atoms with Gasteiger partial charge in [-0.05, 0) is 38.4 Å². The monoisotopic (exact) mass is 293 g/mol. The van der Waals surface area contributed by atoms with E-state index in [9.17, 15) is 0 Å². The highest BCUT2D eigenvalue weighted by Gasteiger charge is 2.25. The maximum Gasteiger partial charge on any atom is 0.169 e. The van der Waals surface area contributed by atoms with Crippen molar-refractivity contribution in [3.05, 3.63) is 30.3 Å². The normalized spacial score (nSPS) is 18.4. The Labute approximate surface area is 126 Å². The molecule has 1 N–H and O–H groups in total. The second-order valence-corrected chi connectivity index (χ2v) is 5.71. The van der Waals surface area contributed by atoms with Gasteiger partial charge < -0.3 is 19.9 Å². The van der Waals surface area contributed by atoms with Crippen LogP contribution in [0.1, 0.15) is 6.42 Å². The molecule has 110 valence electrons. The number of para-hydroxylation sites is 1. The van der Waals surface area contributed by atoms with E-state index >= 15 is 0 Å². The van der Waals surface area contributed by atoms with Gasteiger partial charge in [-0.3, -0.25) is 0 Å². The second kappa shape index (κ2) is 7.45. The molecule has 0 aliphatic carbocycles. The van der Waals surface area contributed by atoms with E-state index in [0.29, 0.717) is 0 Å². The van der Waals surface area contributed by atoms with Gasteiger partial charge >= 0.3 is 0 Å². The molecular weight excluding hydrogens is 270 g/mol. The minimum absolute atomic E-state index is 0.228. The van der Waals surface area contributed by atoms with Crippen LogP contribution in [0.5, 0.6) is 5.75 Å². The van der Waals surface area contributed by atoms with Crippen molar-refractivity contribution in [1.29, 1.82) is 0 Å². The molecule has 1 fully saturated rings. The number of benzene rings is 1. The Hall–Kier alpha value is -1.33. The molecule has 1 unspecified atom stereocenters. The Morgan fingerprint density at radius 2 is 2.15 bits per heavy atom. The summed E-state index contributed by atoms with van der Waals surface area (Å²) in [6.45, 7) is 3.69. The maximum atomic E-state index is 5.96. The third-order valence-corrected chi connectivity index (χ3v) is 3.72. The number of thiocarbonyl (C=S) groups is 1. The van der Waals surface area contributed by atoms with Crippen LogP contribution in [0, 0.1) is 0 Å². The fraction of sp³-hybridized carbons (Fsp3) is 0.533. The Morgan fingerprint density at radius 3 is 2.85 bits per heavy atom. The van der Waals surface area contributed by atoms with Gasteiger partial charge in [-0.1, -0.05) is 18.2 Å². The van der Waals surface area contributed by atoms with Gasteiger partial charge in [0.1, 0.15) is 11.9 Å². The van der Waals surface area contributed by atoms with Crippen molar-refractivity contribution < 1.29 is 4.74 Å². The number of likely N-dealkylation sites (tertiary alicyclic amines) is 1. The number of nitrogens with one attached hydrogen (secondary N) is 1. The fourth-order valence-electron chi connectivity index (χ4n) is 2.20. The minimum Gasteiger partial charge on any atom is -0.489 e. The van der Waals surface area contributed by atoms with Crippen LogP contribution < -0.4 is 10.1 Å². The molecule has 0 amide bonds. The summed E-state index contributed by atoms with van der Waals surface area (Å²) in [6.07, 6.45) is 1.25. The lowest BCUT2D eigenvalue weighted by molar-refractivity contribution is 0.214. The standard InChI is InChI=1S/C15H23N3OS/c1-17(2)11-9-16-15(20)18-10-8-14(12-18)19-13-6-4-3-5-7-13/h3-7,14H,8-12H2,1-2H3,(H,16,20). The van der Waals surface area contributed by atoms with Crippen molar-refractivity contribution >= 4 is 17.3 Å². The smallest absolute Gasteiger partial charge is 0.169 e. The molecule has 1 aliphatic heterocycles. The molecule has 0 bridgehead atoms. The minimum atomic E-state index is 0.228. The van der Waals surface area contributed by atoms with Crippen molar-refractivity contribution in [3.8, 4) is 5.75 Å². The number of hydrogen-bond donors (Lipinski definition) is 1. The largest absolute Gasteiger partial charge is 0.489 e. The summed E-state index contributed by atoms with van der Waals surface area (Å²) in [6, 6.07) is 9.98. The van der Waals surface area contributed by atoms with Crippen LogP contribution in [0.2, 0.25) is 0 Å². The number of ether oxygens (including phenoxy) is 1. The fourth-order valence-corrected chi connectivity index (χ4v) is 2.47. The molecule has 1 aromatic carbocycles. The number of rotatable bonds is 5. The first kappa shape index (κ1) is 15.1. The molecule has 1 aliphatic rings.